The maximum atomic E-state index is 12.6. The molecule has 0 saturated carbocycles. The van der Waals surface area contributed by atoms with E-state index in [2.05, 4.69) is 20.1 Å². The molecule has 0 bridgehead atoms. The number of ether oxygens (including phenoxy) is 2. The van der Waals surface area contributed by atoms with Gasteiger partial charge < -0.3 is 29.6 Å². The fourth-order valence-electron chi connectivity index (χ4n) is 3.60. The molecule has 1 aromatic heterocycles. The van der Waals surface area contributed by atoms with Crippen LogP contribution >= 0.6 is 0 Å². The smallest absolute Gasteiger partial charge is 0.251 e. The Balaban J connectivity index is 1.46. The van der Waals surface area contributed by atoms with Crippen LogP contribution in [0.2, 0.25) is 0 Å². The van der Waals surface area contributed by atoms with Gasteiger partial charge in [0.2, 0.25) is 5.95 Å². The standard InChI is InChI=1S/C19H27N5O3/c1-23-17-3-2-15(18(25)21-12-14-11-20-4-7-27-13-14)10-16(17)22-19(23)24-5-8-26-9-6-24/h2-3,10,14,20H,4-9,11-13H2,1H3,(H,21,25). The van der Waals surface area contributed by atoms with Gasteiger partial charge in [0, 0.05) is 51.3 Å². The summed E-state index contributed by atoms with van der Waals surface area (Å²) in [6.07, 6.45) is 0. The highest BCUT2D eigenvalue weighted by molar-refractivity contribution is 5.97. The fourth-order valence-corrected chi connectivity index (χ4v) is 3.60. The molecule has 0 aliphatic carbocycles. The van der Waals surface area contributed by atoms with Gasteiger partial charge in [-0.25, -0.2) is 4.98 Å². The number of benzene rings is 1. The molecule has 1 amide bonds. The summed E-state index contributed by atoms with van der Waals surface area (Å²) in [6, 6.07) is 5.71. The zero-order valence-electron chi connectivity index (χ0n) is 15.7. The molecule has 0 spiro atoms. The minimum atomic E-state index is -0.0697. The number of imidazole rings is 1. The number of carbonyl (C=O) groups excluding carboxylic acids is 1. The Bertz CT molecular complexity index is 792. The second-order valence-electron chi connectivity index (χ2n) is 7.13. The SMILES string of the molecule is Cn1c(N2CCOCC2)nc2cc(C(=O)NCC3CNCCOC3)ccc21. The van der Waals surface area contributed by atoms with E-state index >= 15 is 0 Å². The van der Waals surface area contributed by atoms with Crippen LogP contribution < -0.4 is 15.5 Å². The van der Waals surface area contributed by atoms with Crippen molar-refractivity contribution >= 4 is 22.9 Å². The Morgan fingerprint density at radius 3 is 3.00 bits per heavy atom. The molecular formula is C19H27N5O3. The lowest BCUT2D eigenvalue weighted by Gasteiger charge is -2.27. The van der Waals surface area contributed by atoms with Gasteiger partial charge in [-0.1, -0.05) is 0 Å². The Kier molecular flexibility index (Phi) is 5.56. The molecule has 2 fully saturated rings. The first-order valence-corrected chi connectivity index (χ1v) is 9.58. The lowest BCUT2D eigenvalue weighted by molar-refractivity contribution is 0.0921. The molecule has 146 valence electrons. The summed E-state index contributed by atoms with van der Waals surface area (Å²) >= 11 is 0. The van der Waals surface area contributed by atoms with Crippen molar-refractivity contribution in [2.24, 2.45) is 13.0 Å². The molecule has 2 N–H and O–H groups in total. The van der Waals surface area contributed by atoms with Gasteiger partial charge in [0.15, 0.2) is 0 Å². The quantitative estimate of drug-likeness (QED) is 0.806. The number of carbonyl (C=O) groups is 1. The predicted octanol–water partition coefficient (Wildman–Crippen LogP) is 0.376. The van der Waals surface area contributed by atoms with E-state index in [1.807, 2.05) is 25.2 Å². The zero-order chi connectivity index (χ0) is 18.6. The average molecular weight is 373 g/mol. The molecule has 8 heteroatoms. The molecule has 0 radical (unpaired) electrons. The molecule has 1 aromatic carbocycles. The van der Waals surface area contributed by atoms with Crippen LogP contribution in [0.25, 0.3) is 11.0 Å². The van der Waals surface area contributed by atoms with Crippen LogP contribution in [0.3, 0.4) is 0 Å². The van der Waals surface area contributed by atoms with E-state index in [0.717, 1.165) is 63.0 Å². The molecule has 27 heavy (non-hydrogen) atoms. The van der Waals surface area contributed by atoms with Crippen molar-refractivity contribution in [3.05, 3.63) is 23.8 Å². The van der Waals surface area contributed by atoms with Crippen molar-refractivity contribution in [2.45, 2.75) is 0 Å². The number of nitrogens with one attached hydrogen (secondary N) is 2. The molecule has 8 nitrogen and oxygen atoms in total. The van der Waals surface area contributed by atoms with E-state index in [9.17, 15) is 4.79 Å². The summed E-state index contributed by atoms with van der Waals surface area (Å²) in [5.74, 6) is 1.15. The first-order chi connectivity index (χ1) is 13.2. The van der Waals surface area contributed by atoms with Crippen molar-refractivity contribution in [1.82, 2.24) is 20.2 Å². The van der Waals surface area contributed by atoms with Crippen molar-refractivity contribution in [2.75, 3.05) is 64.1 Å². The number of amides is 1. The summed E-state index contributed by atoms with van der Waals surface area (Å²) in [6.45, 7) is 6.85. The van der Waals surface area contributed by atoms with Crippen LogP contribution in [-0.4, -0.2) is 74.6 Å². The molecule has 4 rings (SSSR count). The summed E-state index contributed by atoms with van der Waals surface area (Å²) in [5.41, 5.74) is 2.50. The monoisotopic (exact) mass is 373 g/mol. The van der Waals surface area contributed by atoms with Gasteiger partial charge in [0.05, 0.1) is 37.5 Å². The number of hydrogen-bond acceptors (Lipinski definition) is 6. The van der Waals surface area contributed by atoms with Gasteiger partial charge >= 0.3 is 0 Å². The molecule has 2 aliphatic heterocycles. The van der Waals surface area contributed by atoms with Crippen molar-refractivity contribution in [3.63, 3.8) is 0 Å². The molecule has 2 saturated heterocycles. The summed E-state index contributed by atoms with van der Waals surface area (Å²) in [7, 11) is 2.01. The van der Waals surface area contributed by atoms with Gasteiger partial charge in [-0.3, -0.25) is 4.79 Å². The van der Waals surface area contributed by atoms with E-state index < -0.39 is 0 Å². The number of morpholine rings is 1. The normalized spacial score (nSPS) is 21.2. The Hall–Kier alpha value is -2.16. The average Bonchev–Trinajstić information content (AvgIpc) is 2.87. The van der Waals surface area contributed by atoms with E-state index in [0.29, 0.717) is 24.6 Å². The number of aryl methyl sites for hydroxylation is 1. The maximum Gasteiger partial charge on any atom is 0.251 e. The van der Waals surface area contributed by atoms with Crippen molar-refractivity contribution in [3.8, 4) is 0 Å². The molecule has 3 heterocycles. The summed E-state index contributed by atoms with van der Waals surface area (Å²) in [4.78, 5) is 19.6. The van der Waals surface area contributed by atoms with Gasteiger partial charge in [0.1, 0.15) is 0 Å². The van der Waals surface area contributed by atoms with E-state index in [4.69, 9.17) is 14.5 Å². The number of aromatic nitrogens is 2. The Morgan fingerprint density at radius 1 is 1.30 bits per heavy atom. The van der Waals surface area contributed by atoms with Gasteiger partial charge in [-0.2, -0.15) is 0 Å². The first kappa shape index (κ1) is 18.2. The largest absolute Gasteiger partial charge is 0.380 e. The number of nitrogens with zero attached hydrogens (tertiary/aromatic N) is 3. The topological polar surface area (TPSA) is 80.7 Å². The van der Waals surface area contributed by atoms with Crippen LogP contribution in [0.15, 0.2) is 18.2 Å². The Labute approximate surface area is 158 Å². The highest BCUT2D eigenvalue weighted by atomic mass is 16.5. The lowest BCUT2D eigenvalue weighted by Crippen LogP contribution is -2.37. The molecular weight excluding hydrogens is 346 g/mol. The molecule has 1 unspecified atom stereocenters. The minimum absolute atomic E-state index is 0.0697. The Morgan fingerprint density at radius 2 is 2.15 bits per heavy atom. The van der Waals surface area contributed by atoms with Gasteiger partial charge in [-0.05, 0) is 18.2 Å². The second-order valence-corrected chi connectivity index (χ2v) is 7.13. The lowest BCUT2D eigenvalue weighted by atomic mass is 10.1. The van der Waals surface area contributed by atoms with Crippen LogP contribution in [0.1, 0.15) is 10.4 Å². The van der Waals surface area contributed by atoms with E-state index in [1.54, 1.807) is 0 Å². The first-order valence-electron chi connectivity index (χ1n) is 9.58. The van der Waals surface area contributed by atoms with E-state index in [-0.39, 0.29) is 5.91 Å². The summed E-state index contributed by atoms with van der Waals surface area (Å²) in [5, 5.41) is 6.35. The third-order valence-electron chi connectivity index (χ3n) is 5.17. The van der Waals surface area contributed by atoms with Crippen molar-refractivity contribution in [1.29, 1.82) is 0 Å². The number of fused-ring (bicyclic) bond motifs is 1. The van der Waals surface area contributed by atoms with Gasteiger partial charge in [-0.15, -0.1) is 0 Å². The van der Waals surface area contributed by atoms with E-state index in [1.165, 1.54) is 0 Å². The molecule has 2 aliphatic rings. The molecule has 2 aromatic rings. The number of rotatable bonds is 4. The van der Waals surface area contributed by atoms with Crippen molar-refractivity contribution < 1.29 is 14.3 Å². The van der Waals surface area contributed by atoms with Crippen LogP contribution in [0.4, 0.5) is 5.95 Å². The predicted molar refractivity (Wildman–Crippen MR) is 103 cm³/mol. The number of anilines is 1. The summed E-state index contributed by atoms with van der Waals surface area (Å²) < 4.78 is 13.0. The van der Waals surface area contributed by atoms with Crippen LogP contribution in [0.5, 0.6) is 0 Å². The minimum Gasteiger partial charge on any atom is -0.380 e. The third kappa shape index (κ3) is 4.07. The fraction of sp³-hybridized carbons (Fsp3) is 0.579. The number of hydrogen-bond donors (Lipinski definition) is 2. The maximum absolute atomic E-state index is 12.6. The van der Waals surface area contributed by atoms with Gasteiger partial charge in [0.25, 0.3) is 5.91 Å². The zero-order valence-corrected chi connectivity index (χ0v) is 15.7. The van der Waals surface area contributed by atoms with Crippen LogP contribution in [0, 0.1) is 5.92 Å². The highest BCUT2D eigenvalue weighted by Crippen LogP contribution is 2.23. The van der Waals surface area contributed by atoms with Crippen LogP contribution in [-0.2, 0) is 16.5 Å². The molecule has 1 atom stereocenters. The third-order valence-corrected chi connectivity index (χ3v) is 5.17. The highest BCUT2D eigenvalue weighted by Gasteiger charge is 2.19. The second kappa shape index (κ2) is 8.24.